The van der Waals surface area contributed by atoms with Gasteiger partial charge in [0.15, 0.2) is 11.5 Å². The zero-order chi connectivity index (χ0) is 15.5. The van der Waals surface area contributed by atoms with Crippen LogP contribution in [0.5, 0.6) is 0 Å². The molecule has 2 aromatic rings. The zero-order valence-electron chi connectivity index (χ0n) is 11.7. The minimum atomic E-state index is -0.763. The molecule has 0 atom stereocenters. The summed E-state index contributed by atoms with van der Waals surface area (Å²) in [7, 11) is 0. The van der Waals surface area contributed by atoms with Gasteiger partial charge in [0, 0.05) is 18.2 Å². The second-order valence-electron chi connectivity index (χ2n) is 5.20. The van der Waals surface area contributed by atoms with Crippen LogP contribution in [0.1, 0.15) is 23.3 Å². The first-order chi connectivity index (χ1) is 10.6. The number of carbonyl (C=O) groups excluding carboxylic acids is 1. The normalized spacial score (nSPS) is 15.7. The molecule has 0 aliphatic carbocycles. The molecule has 22 heavy (non-hydrogen) atoms. The number of nitrogens with one attached hydrogen (secondary N) is 2. The number of carbonyl (C=O) groups is 1. The van der Waals surface area contributed by atoms with Gasteiger partial charge in [-0.3, -0.25) is 4.79 Å². The fourth-order valence-electron chi connectivity index (χ4n) is 2.42. The maximum absolute atomic E-state index is 13.7. The third-order valence-corrected chi connectivity index (χ3v) is 3.61. The molecule has 2 N–H and O–H groups in total. The van der Waals surface area contributed by atoms with Crippen molar-refractivity contribution in [1.29, 1.82) is 0 Å². The molecule has 0 unspecified atom stereocenters. The fourth-order valence-corrected chi connectivity index (χ4v) is 2.42. The van der Waals surface area contributed by atoms with Crippen molar-refractivity contribution in [2.24, 2.45) is 0 Å². The standard InChI is InChI=1S/C15H15F2N3O2/c16-9-1-2-11(12(17)7-9)14-8-13(20-22-14)15(21)19-10-3-5-18-6-4-10/h1-2,7-8,10,18H,3-6H2,(H,19,21). The molecule has 3 rings (SSSR count). The molecule has 1 aromatic heterocycles. The van der Waals surface area contributed by atoms with Crippen molar-refractivity contribution in [3.05, 3.63) is 41.6 Å². The van der Waals surface area contributed by atoms with E-state index in [1.54, 1.807) is 0 Å². The molecule has 0 radical (unpaired) electrons. The second-order valence-corrected chi connectivity index (χ2v) is 5.20. The number of hydrogen-bond donors (Lipinski definition) is 2. The van der Waals surface area contributed by atoms with Crippen LogP contribution in [0, 0.1) is 11.6 Å². The second kappa shape index (κ2) is 6.23. The highest BCUT2D eigenvalue weighted by Gasteiger charge is 2.20. The monoisotopic (exact) mass is 307 g/mol. The number of aromatic nitrogens is 1. The summed E-state index contributed by atoms with van der Waals surface area (Å²) < 4.78 is 31.6. The van der Waals surface area contributed by atoms with Crippen molar-refractivity contribution >= 4 is 5.91 Å². The first-order valence-corrected chi connectivity index (χ1v) is 7.07. The van der Waals surface area contributed by atoms with Crippen molar-refractivity contribution in [1.82, 2.24) is 15.8 Å². The Morgan fingerprint density at radius 1 is 1.27 bits per heavy atom. The lowest BCUT2D eigenvalue weighted by Crippen LogP contribution is -2.42. The van der Waals surface area contributed by atoms with Gasteiger partial charge in [0.25, 0.3) is 5.91 Å². The summed E-state index contributed by atoms with van der Waals surface area (Å²) >= 11 is 0. The van der Waals surface area contributed by atoms with Crippen molar-refractivity contribution in [2.45, 2.75) is 18.9 Å². The van der Waals surface area contributed by atoms with Crippen LogP contribution in [0.4, 0.5) is 8.78 Å². The van der Waals surface area contributed by atoms with Gasteiger partial charge >= 0.3 is 0 Å². The van der Waals surface area contributed by atoms with Crippen LogP contribution >= 0.6 is 0 Å². The zero-order valence-corrected chi connectivity index (χ0v) is 11.7. The lowest BCUT2D eigenvalue weighted by molar-refractivity contribution is 0.0920. The molecule has 116 valence electrons. The summed E-state index contributed by atoms with van der Waals surface area (Å²) in [5.74, 6) is -1.71. The van der Waals surface area contributed by atoms with Gasteiger partial charge in [-0.15, -0.1) is 0 Å². The topological polar surface area (TPSA) is 67.2 Å². The van der Waals surface area contributed by atoms with Crippen LogP contribution < -0.4 is 10.6 Å². The van der Waals surface area contributed by atoms with Gasteiger partial charge in [0.2, 0.25) is 0 Å². The Labute approximate surface area is 125 Å². The molecule has 1 amide bonds. The van der Waals surface area contributed by atoms with E-state index >= 15 is 0 Å². The van der Waals surface area contributed by atoms with Crippen molar-refractivity contribution < 1.29 is 18.1 Å². The lowest BCUT2D eigenvalue weighted by atomic mass is 10.1. The molecule has 0 saturated carbocycles. The van der Waals surface area contributed by atoms with E-state index in [1.807, 2.05) is 0 Å². The fraction of sp³-hybridized carbons (Fsp3) is 0.333. The highest BCUT2D eigenvalue weighted by atomic mass is 19.1. The summed E-state index contributed by atoms with van der Waals surface area (Å²) in [6.07, 6.45) is 1.70. The third-order valence-electron chi connectivity index (χ3n) is 3.61. The van der Waals surface area contributed by atoms with Gasteiger partial charge in [-0.1, -0.05) is 5.16 Å². The number of benzene rings is 1. The van der Waals surface area contributed by atoms with Gasteiger partial charge in [-0.2, -0.15) is 0 Å². The number of hydrogen-bond acceptors (Lipinski definition) is 4. The van der Waals surface area contributed by atoms with Crippen molar-refractivity contribution in [3.63, 3.8) is 0 Å². The smallest absolute Gasteiger partial charge is 0.273 e. The molecule has 1 fully saturated rings. The Morgan fingerprint density at radius 2 is 2.05 bits per heavy atom. The predicted molar refractivity (Wildman–Crippen MR) is 75.2 cm³/mol. The van der Waals surface area contributed by atoms with Crippen molar-refractivity contribution in [3.8, 4) is 11.3 Å². The van der Waals surface area contributed by atoms with E-state index in [2.05, 4.69) is 15.8 Å². The van der Waals surface area contributed by atoms with Gasteiger partial charge < -0.3 is 15.2 Å². The summed E-state index contributed by atoms with van der Waals surface area (Å²) in [4.78, 5) is 12.1. The van der Waals surface area contributed by atoms with Gasteiger partial charge in [0.1, 0.15) is 11.6 Å². The number of halogens is 2. The summed E-state index contributed by atoms with van der Waals surface area (Å²) in [5, 5.41) is 9.73. The number of amides is 1. The quantitative estimate of drug-likeness (QED) is 0.911. The van der Waals surface area contributed by atoms with Gasteiger partial charge in [-0.25, -0.2) is 8.78 Å². The van der Waals surface area contributed by atoms with E-state index in [0.717, 1.165) is 38.1 Å². The lowest BCUT2D eigenvalue weighted by Gasteiger charge is -2.23. The molecule has 5 nitrogen and oxygen atoms in total. The minimum Gasteiger partial charge on any atom is -0.355 e. The highest BCUT2D eigenvalue weighted by molar-refractivity contribution is 5.93. The van der Waals surface area contributed by atoms with E-state index in [-0.39, 0.29) is 29.0 Å². The molecular formula is C15H15F2N3O2. The van der Waals surface area contributed by atoms with E-state index < -0.39 is 11.6 Å². The first kappa shape index (κ1) is 14.6. The average Bonchev–Trinajstić information content (AvgIpc) is 2.98. The van der Waals surface area contributed by atoms with E-state index in [0.29, 0.717) is 0 Å². The molecule has 0 bridgehead atoms. The summed E-state index contributed by atoms with van der Waals surface area (Å²) in [6, 6.07) is 4.57. The average molecular weight is 307 g/mol. The first-order valence-electron chi connectivity index (χ1n) is 7.07. The number of nitrogens with zero attached hydrogens (tertiary/aromatic N) is 1. The highest BCUT2D eigenvalue weighted by Crippen LogP contribution is 2.24. The van der Waals surface area contributed by atoms with Crippen LogP contribution in [0.25, 0.3) is 11.3 Å². The number of piperidine rings is 1. The SMILES string of the molecule is O=C(NC1CCNCC1)c1cc(-c2ccc(F)cc2F)on1. The van der Waals surface area contributed by atoms with Crippen LogP contribution in [0.3, 0.4) is 0 Å². The summed E-state index contributed by atoms with van der Waals surface area (Å²) in [6.45, 7) is 1.71. The van der Waals surface area contributed by atoms with E-state index in [9.17, 15) is 13.6 Å². The molecule has 1 aliphatic heterocycles. The van der Waals surface area contributed by atoms with Crippen molar-refractivity contribution in [2.75, 3.05) is 13.1 Å². The maximum Gasteiger partial charge on any atom is 0.273 e. The Morgan fingerprint density at radius 3 is 2.77 bits per heavy atom. The van der Waals surface area contributed by atoms with Crippen LogP contribution in [-0.2, 0) is 0 Å². The minimum absolute atomic E-state index is 0.0646. The van der Waals surface area contributed by atoms with E-state index in [1.165, 1.54) is 12.1 Å². The molecule has 7 heteroatoms. The Kier molecular flexibility index (Phi) is 4.15. The third kappa shape index (κ3) is 3.14. The van der Waals surface area contributed by atoms with Crippen LogP contribution in [0.15, 0.2) is 28.8 Å². The Hall–Kier alpha value is -2.28. The molecule has 1 aliphatic rings. The van der Waals surface area contributed by atoms with Crippen LogP contribution in [-0.4, -0.2) is 30.2 Å². The van der Waals surface area contributed by atoms with Gasteiger partial charge in [-0.05, 0) is 38.1 Å². The van der Waals surface area contributed by atoms with E-state index in [4.69, 9.17) is 4.52 Å². The largest absolute Gasteiger partial charge is 0.355 e. The molecule has 2 heterocycles. The Bertz CT molecular complexity index is 681. The Balaban J connectivity index is 1.73. The number of rotatable bonds is 3. The maximum atomic E-state index is 13.7. The molecule has 1 saturated heterocycles. The molecular weight excluding hydrogens is 292 g/mol. The predicted octanol–water partition coefficient (Wildman–Crippen LogP) is 2.10. The molecule has 1 aromatic carbocycles. The van der Waals surface area contributed by atoms with Gasteiger partial charge in [0.05, 0.1) is 5.56 Å². The van der Waals surface area contributed by atoms with Crippen LogP contribution in [0.2, 0.25) is 0 Å². The molecule has 0 spiro atoms. The summed E-state index contributed by atoms with van der Waals surface area (Å²) in [5.41, 5.74) is 0.145.